The second-order valence-electron chi connectivity index (χ2n) is 12.1. The standard InChI is InChI=1S/C28H39N3O2/c1-3-28(33)13-11-19-18(15-28)6-7-21-20(19)10-12-27(2)22(21)8-9-23(27)26(32)17-31-25-5-4-14-29-24(25)16-30-31/h4-5,14,16,18-23,33H,3,6-13,15,17H2,1-2H3. The molecule has 5 nitrogen and oxygen atoms in total. The summed E-state index contributed by atoms with van der Waals surface area (Å²) in [6.45, 7) is 4.96. The third kappa shape index (κ3) is 3.40. The van der Waals surface area contributed by atoms with Crippen LogP contribution in [0.4, 0.5) is 0 Å². The zero-order valence-electron chi connectivity index (χ0n) is 20.2. The Balaban J connectivity index is 1.19. The first-order chi connectivity index (χ1) is 15.9. The highest BCUT2D eigenvalue weighted by Gasteiger charge is 2.58. The zero-order valence-corrected chi connectivity index (χ0v) is 20.2. The Morgan fingerprint density at radius 3 is 2.82 bits per heavy atom. The maximum atomic E-state index is 13.6. The fourth-order valence-corrected chi connectivity index (χ4v) is 9.11. The van der Waals surface area contributed by atoms with Gasteiger partial charge in [0.2, 0.25) is 0 Å². The lowest BCUT2D eigenvalue weighted by molar-refractivity contribution is -0.133. The second kappa shape index (κ2) is 7.90. The quantitative estimate of drug-likeness (QED) is 0.678. The largest absolute Gasteiger partial charge is 0.390 e. The highest BCUT2D eigenvalue weighted by Crippen LogP contribution is 2.64. The average molecular weight is 450 g/mol. The molecule has 0 radical (unpaired) electrons. The molecule has 0 bridgehead atoms. The fourth-order valence-electron chi connectivity index (χ4n) is 9.11. The Morgan fingerprint density at radius 2 is 1.97 bits per heavy atom. The first-order valence-electron chi connectivity index (χ1n) is 13.4. The third-order valence-corrected chi connectivity index (χ3v) is 10.9. The van der Waals surface area contributed by atoms with Crippen LogP contribution in [0.3, 0.4) is 0 Å². The number of carbonyl (C=O) groups is 1. The Bertz CT molecular complexity index is 1050. The number of fused-ring (bicyclic) bond motifs is 6. The van der Waals surface area contributed by atoms with Crippen LogP contribution in [0.2, 0.25) is 0 Å². The van der Waals surface area contributed by atoms with Gasteiger partial charge in [0.25, 0.3) is 0 Å². The summed E-state index contributed by atoms with van der Waals surface area (Å²) >= 11 is 0. The lowest BCUT2D eigenvalue weighted by Gasteiger charge is -2.57. The summed E-state index contributed by atoms with van der Waals surface area (Å²) in [6, 6.07) is 3.93. The maximum Gasteiger partial charge on any atom is 0.157 e. The average Bonchev–Trinajstić information content (AvgIpc) is 3.39. The number of nitrogens with zero attached hydrogens (tertiary/aromatic N) is 3. The van der Waals surface area contributed by atoms with Crippen molar-refractivity contribution in [3.8, 4) is 0 Å². The van der Waals surface area contributed by atoms with E-state index in [1.54, 1.807) is 12.4 Å². The van der Waals surface area contributed by atoms with Crippen LogP contribution in [0.25, 0.3) is 11.0 Å². The van der Waals surface area contributed by atoms with Crippen molar-refractivity contribution in [1.29, 1.82) is 0 Å². The van der Waals surface area contributed by atoms with Crippen molar-refractivity contribution in [2.24, 2.45) is 40.9 Å². The van der Waals surface area contributed by atoms with Gasteiger partial charge in [0.05, 0.1) is 17.3 Å². The van der Waals surface area contributed by atoms with Gasteiger partial charge in [-0.3, -0.25) is 14.5 Å². The van der Waals surface area contributed by atoms with E-state index in [0.29, 0.717) is 18.2 Å². The molecule has 33 heavy (non-hydrogen) atoms. The van der Waals surface area contributed by atoms with E-state index in [1.807, 2.05) is 16.8 Å². The highest BCUT2D eigenvalue weighted by atomic mass is 16.3. The second-order valence-corrected chi connectivity index (χ2v) is 12.1. The molecule has 2 aromatic heterocycles. The Kier molecular flexibility index (Phi) is 5.21. The van der Waals surface area contributed by atoms with Crippen LogP contribution in [-0.2, 0) is 11.3 Å². The molecule has 5 heteroatoms. The molecule has 4 fully saturated rings. The molecule has 178 valence electrons. The van der Waals surface area contributed by atoms with Gasteiger partial charge in [0.1, 0.15) is 12.1 Å². The number of aromatic nitrogens is 3. The molecule has 0 saturated heterocycles. The summed E-state index contributed by atoms with van der Waals surface area (Å²) in [5.74, 6) is 4.34. The van der Waals surface area contributed by atoms with Crippen LogP contribution in [0.5, 0.6) is 0 Å². The number of hydrogen-bond donors (Lipinski definition) is 1. The van der Waals surface area contributed by atoms with Crippen LogP contribution >= 0.6 is 0 Å². The van der Waals surface area contributed by atoms with Gasteiger partial charge in [-0.2, -0.15) is 5.10 Å². The summed E-state index contributed by atoms with van der Waals surface area (Å²) in [7, 11) is 0. The summed E-state index contributed by atoms with van der Waals surface area (Å²) in [4.78, 5) is 18.0. The molecule has 0 aliphatic heterocycles. The van der Waals surface area contributed by atoms with Gasteiger partial charge in [0.15, 0.2) is 5.78 Å². The molecule has 1 N–H and O–H groups in total. The number of carbonyl (C=O) groups excluding carboxylic acids is 1. The summed E-state index contributed by atoms with van der Waals surface area (Å²) in [5.41, 5.74) is 1.55. The zero-order chi connectivity index (χ0) is 22.8. The molecule has 0 aromatic carbocycles. The van der Waals surface area contributed by atoms with Crippen LogP contribution in [0.1, 0.15) is 78.1 Å². The molecular formula is C28H39N3O2. The molecule has 4 aliphatic carbocycles. The molecule has 4 aliphatic rings. The predicted octanol–water partition coefficient (Wildman–Crippen LogP) is 5.41. The van der Waals surface area contributed by atoms with Crippen molar-refractivity contribution in [3.63, 3.8) is 0 Å². The molecule has 6 rings (SSSR count). The van der Waals surface area contributed by atoms with E-state index < -0.39 is 5.60 Å². The van der Waals surface area contributed by atoms with E-state index in [-0.39, 0.29) is 11.3 Å². The van der Waals surface area contributed by atoms with E-state index in [9.17, 15) is 9.90 Å². The predicted molar refractivity (Wildman–Crippen MR) is 128 cm³/mol. The Morgan fingerprint density at radius 1 is 1.12 bits per heavy atom. The number of aliphatic hydroxyl groups is 1. The lowest BCUT2D eigenvalue weighted by atomic mass is 9.48. The van der Waals surface area contributed by atoms with Crippen LogP contribution in [0.15, 0.2) is 24.5 Å². The van der Waals surface area contributed by atoms with Crippen molar-refractivity contribution < 1.29 is 9.90 Å². The smallest absolute Gasteiger partial charge is 0.157 e. The van der Waals surface area contributed by atoms with Gasteiger partial charge < -0.3 is 5.11 Å². The summed E-state index contributed by atoms with van der Waals surface area (Å²) in [6.07, 6.45) is 15.0. The van der Waals surface area contributed by atoms with E-state index in [1.165, 1.54) is 38.5 Å². The molecule has 8 unspecified atom stereocenters. The van der Waals surface area contributed by atoms with Gasteiger partial charge >= 0.3 is 0 Å². The highest BCUT2D eigenvalue weighted by molar-refractivity contribution is 5.84. The van der Waals surface area contributed by atoms with Gasteiger partial charge in [-0.05, 0) is 111 Å². The lowest BCUT2D eigenvalue weighted by Crippen LogP contribution is -2.51. The minimum absolute atomic E-state index is 0.144. The van der Waals surface area contributed by atoms with E-state index in [0.717, 1.165) is 60.4 Å². The molecule has 0 spiro atoms. The van der Waals surface area contributed by atoms with Crippen molar-refractivity contribution in [2.45, 2.75) is 90.2 Å². The number of pyridine rings is 1. The summed E-state index contributed by atoms with van der Waals surface area (Å²) in [5, 5.41) is 15.4. The number of rotatable bonds is 4. The fraction of sp³-hybridized carbons (Fsp3) is 0.750. The molecule has 2 heterocycles. The SMILES string of the molecule is CCC1(O)CCC2C(CCC3C2CCC2(C)C(C(=O)Cn4ncc5ncccc54)CCC32)C1. The van der Waals surface area contributed by atoms with Crippen molar-refractivity contribution in [3.05, 3.63) is 24.5 Å². The normalized spacial score (nSPS) is 42.5. The van der Waals surface area contributed by atoms with E-state index in [2.05, 4.69) is 23.9 Å². The van der Waals surface area contributed by atoms with Crippen LogP contribution in [0, 0.1) is 40.9 Å². The monoisotopic (exact) mass is 449 g/mol. The van der Waals surface area contributed by atoms with Gasteiger partial charge in [-0.25, -0.2) is 0 Å². The molecule has 2 aromatic rings. The van der Waals surface area contributed by atoms with Crippen LogP contribution in [-0.4, -0.2) is 31.3 Å². The van der Waals surface area contributed by atoms with E-state index in [4.69, 9.17) is 0 Å². The van der Waals surface area contributed by atoms with Crippen molar-refractivity contribution in [2.75, 3.05) is 0 Å². The number of Topliss-reactive ketones (excluding diaryl/α,β-unsaturated/α-hetero) is 1. The Labute approximate surface area is 197 Å². The maximum absolute atomic E-state index is 13.6. The summed E-state index contributed by atoms with van der Waals surface area (Å²) < 4.78 is 1.86. The van der Waals surface area contributed by atoms with Gasteiger partial charge in [-0.1, -0.05) is 13.8 Å². The third-order valence-electron chi connectivity index (χ3n) is 10.9. The minimum Gasteiger partial charge on any atom is -0.390 e. The van der Waals surface area contributed by atoms with Crippen molar-refractivity contribution >= 4 is 16.8 Å². The molecule has 4 saturated carbocycles. The van der Waals surface area contributed by atoms with Gasteiger partial charge in [0, 0.05) is 12.1 Å². The van der Waals surface area contributed by atoms with Crippen molar-refractivity contribution in [1.82, 2.24) is 14.8 Å². The van der Waals surface area contributed by atoms with Crippen LogP contribution < -0.4 is 0 Å². The molecule has 8 atom stereocenters. The van der Waals surface area contributed by atoms with E-state index >= 15 is 0 Å². The number of ketones is 1. The Hall–Kier alpha value is -1.75. The first kappa shape index (κ1) is 21.8. The first-order valence-corrected chi connectivity index (χ1v) is 13.4. The topological polar surface area (TPSA) is 68.0 Å². The minimum atomic E-state index is -0.408. The number of hydrogen-bond acceptors (Lipinski definition) is 4. The molecule has 0 amide bonds. The molecular weight excluding hydrogens is 410 g/mol. The van der Waals surface area contributed by atoms with Gasteiger partial charge in [-0.15, -0.1) is 0 Å².